The second-order valence-corrected chi connectivity index (χ2v) is 9.49. The number of benzene rings is 2. The van der Waals surface area contributed by atoms with Gasteiger partial charge in [-0.05, 0) is 30.3 Å². The number of ether oxygens (including phenoxy) is 1. The number of aromatic nitrogens is 1. The van der Waals surface area contributed by atoms with Crippen LogP contribution >= 0.6 is 11.6 Å². The molecule has 1 aliphatic heterocycles. The summed E-state index contributed by atoms with van der Waals surface area (Å²) in [4.78, 5) is 38.0. The summed E-state index contributed by atoms with van der Waals surface area (Å²) in [5.74, 6) is -0.747. The number of morpholine rings is 1. The maximum atomic E-state index is 13.0. The third kappa shape index (κ3) is 4.59. The Kier molecular flexibility index (Phi) is 6.17. The highest BCUT2D eigenvalue weighted by Crippen LogP contribution is 2.28. The SMILES string of the molecule is O=C(Nc1ccc(Cl)c([N+](=O)[O-])c1)c1cc(=O)[nH]c2ccc(S(=O)(=O)N3CCOCC3)cc12. The summed E-state index contributed by atoms with van der Waals surface area (Å²) in [5, 5.41) is 13.7. The van der Waals surface area contributed by atoms with Crippen LogP contribution in [0.5, 0.6) is 0 Å². The van der Waals surface area contributed by atoms with Gasteiger partial charge < -0.3 is 15.0 Å². The third-order valence-corrected chi connectivity index (χ3v) is 7.28. The van der Waals surface area contributed by atoms with Gasteiger partial charge in [0.05, 0.1) is 28.6 Å². The Balaban J connectivity index is 1.75. The predicted molar refractivity (Wildman–Crippen MR) is 120 cm³/mol. The second kappa shape index (κ2) is 8.90. The first-order valence-corrected chi connectivity index (χ1v) is 11.5. The van der Waals surface area contributed by atoms with E-state index in [9.17, 15) is 28.1 Å². The van der Waals surface area contributed by atoms with E-state index < -0.39 is 32.1 Å². The average Bonchev–Trinajstić information content (AvgIpc) is 2.79. The van der Waals surface area contributed by atoms with Crippen molar-refractivity contribution in [3.63, 3.8) is 0 Å². The van der Waals surface area contributed by atoms with E-state index in [2.05, 4.69) is 10.3 Å². The van der Waals surface area contributed by atoms with Crippen LogP contribution in [0.2, 0.25) is 5.02 Å². The van der Waals surface area contributed by atoms with Crippen LogP contribution in [-0.2, 0) is 14.8 Å². The molecule has 2 aromatic carbocycles. The Morgan fingerprint density at radius 3 is 2.58 bits per heavy atom. The lowest BCUT2D eigenvalue weighted by Gasteiger charge is -2.26. The van der Waals surface area contributed by atoms with Crippen LogP contribution in [0.1, 0.15) is 10.4 Å². The molecule has 0 atom stereocenters. The summed E-state index contributed by atoms with van der Waals surface area (Å²) in [6, 6.07) is 8.84. The Hall–Kier alpha value is -3.32. The van der Waals surface area contributed by atoms with Gasteiger partial charge in [0, 0.05) is 41.8 Å². The monoisotopic (exact) mass is 492 g/mol. The molecule has 4 rings (SSSR count). The number of nitro benzene ring substituents is 1. The maximum absolute atomic E-state index is 13.0. The van der Waals surface area contributed by atoms with Crippen LogP contribution in [0.25, 0.3) is 10.9 Å². The van der Waals surface area contributed by atoms with Crippen LogP contribution in [0, 0.1) is 10.1 Å². The van der Waals surface area contributed by atoms with Crippen LogP contribution in [-0.4, -0.2) is 54.8 Å². The zero-order valence-corrected chi connectivity index (χ0v) is 18.5. The number of fused-ring (bicyclic) bond motifs is 1. The highest BCUT2D eigenvalue weighted by molar-refractivity contribution is 7.89. The molecule has 1 fully saturated rings. The largest absolute Gasteiger partial charge is 0.379 e. The van der Waals surface area contributed by atoms with Crippen molar-refractivity contribution >= 4 is 49.8 Å². The van der Waals surface area contributed by atoms with Gasteiger partial charge >= 0.3 is 0 Å². The zero-order chi connectivity index (χ0) is 23.8. The van der Waals surface area contributed by atoms with E-state index in [0.29, 0.717) is 0 Å². The number of nitrogens with one attached hydrogen (secondary N) is 2. The second-order valence-electron chi connectivity index (χ2n) is 7.15. The smallest absolute Gasteiger partial charge is 0.289 e. The van der Waals surface area contributed by atoms with Gasteiger partial charge in [0.1, 0.15) is 5.02 Å². The van der Waals surface area contributed by atoms with Crippen molar-refractivity contribution in [1.29, 1.82) is 0 Å². The number of hydrogen-bond acceptors (Lipinski definition) is 7. The fraction of sp³-hybridized carbons (Fsp3) is 0.200. The number of carbonyl (C=O) groups excluding carboxylic acids is 1. The Labute approximate surface area is 192 Å². The van der Waals surface area contributed by atoms with E-state index in [-0.39, 0.29) is 58.4 Å². The molecule has 2 N–H and O–H groups in total. The van der Waals surface area contributed by atoms with Crippen molar-refractivity contribution in [2.24, 2.45) is 0 Å². The number of pyridine rings is 1. The molecule has 172 valence electrons. The molecular weight excluding hydrogens is 476 g/mol. The summed E-state index contributed by atoms with van der Waals surface area (Å²) in [7, 11) is -3.84. The molecule has 1 aromatic heterocycles. The number of anilines is 1. The zero-order valence-electron chi connectivity index (χ0n) is 16.9. The number of nitrogens with zero attached hydrogens (tertiary/aromatic N) is 2. The first-order chi connectivity index (χ1) is 15.7. The molecule has 33 heavy (non-hydrogen) atoms. The molecule has 0 aliphatic carbocycles. The van der Waals surface area contributed by atoms with E-state index in [0.717, 1.165) is 12.1 Å². The quantitative estimate of drug-likeness (QED) is 0.409. The standard InChI is InChI=1S/C20H17ClN4O7S/c21-16-3-1-12(9-18(16)25(28)29)22-20(27)15-11-19(26)23-17-4-2-13(10-14(15)17)33(30,31)24-5-7-32-8-6-24/h1-4,9-11H,5-8H2,(H,22,27)(H,23,26). The van der Waals surface area contributed by atoms with Gasteiger partial charge in [-0.15, -0.1) is 0 Å². The van der Waals surface area contributed by atoms with Crippen molar-refractivity contribution in [3.05, 3.63) is 73.5 Å². The number of halogens is 1. The van der Waals surface area contributed by atoms with Gasteiger partial charge in [-0.1, -0.05) is 11.6 Å². The lowest BCUT2D eigenvalue weighted by Crippen LogP contribution is -2.40. The fourth-order valence-corrected chi connectivity index (χ4v) is 5.07. The van der Waals surface area contributed by atoms with Gasteiger partial charge in [0.15, 0.2) is 0 Å². The third-order valence-electron chi connectivity index (χ3n) is 5.07. The Morgan fingerprint density at radius 2 is 1.88 bits per heavy atom. The molecule has 0 radical (unpaired) electrons. The summed E-state index contributed by atoms with van der Waals surface area (Å²) < 4.78 is 32.5. The number of H-pyrrole nitrogens is 1. The van der Waals surface area contributed by atoms with E-state index in [1.165, 1.54) is 34.6 Å². The van der Waals surface area contributed by atoms with Gasteiger partial charge in [0.25, 0.3) is 11.6 Å². The Bertz CT molecular complexity index is 1430. The molecule has 0 unspecified atom stereocenters. The minimum Gasteiger partial charge on any atom is -0.379 e. The highest BCUT2D eigenvalue weighted by Gasteiger charge is 2.27. The number of rotatable bonds is 5. The van der Waals surface area contributed by atoms with Crippen molar-refractivity contribution in [3.8, 4) is 0 Å². The molecule has 1 aliphatic rings. The lowest BCUT2D eigenvalue weighted by atomic mass is 10.1. The van der Waals surface area contributed by atoms with Crippen LogP contribution in [0.3, 0.4) is 0 Å². The topological polar surface area (TPSA) is 152 Å². The summed E-state index contributed by atoms with van der Waals surface area (Å²) in [6.45, 7) is 0.964. The number of hydrogen-bond donors (Lipinski definition) is 2. The van der Waals surface area contributed by atoms with Crippen LogP contribution < -0.4 is 10.9 Å². The van der Waals surface area contributed by atoms with Crippen molar-refractivity contribution in [1.82, 2.24) is 9.29 Å². The van der Waals surface area contributed by atoms with Crippen molar-refractivity contribution in [2.45, 2.75) is 4.90 Å². The summed E-state index contributed by atoms with van der Waals surface area (Å²) in [6.07, 6.45) is 0. The molecule has 11 nitrogen and oxygen atoms in total. The maximum Gasteiger partial charge on any atom is 0.289 e. The van der Waals surface area contributed by atoms with E-state index in [1.54, 1.807) is 0 Å². The van der Waals surface area contributed by atoms with Crippen LogP contribution in [0.15, 0.2) is 52.2 Å². The molecule has 0 bridgehead atoms. The van der Waals surface area contributed by atoms with E-state index in [1.807, 2.05) is 0 Å². The van der Waals surface area contributed by atoms with Gasteiger partial charge in [-0.2, -0.15) is 4.31 Å². The normalized spacial score (nSPS) is 14.8. The summed E-state index contributed by atoms with van der Waals surface area (Å²) >= 11 is 5.80. The van der Waals surface area contributed by atoms with E-state index >= 15 is 0 Å². The number of aromatic amines is 1. The van der Waals surface area contributed by atoms with Gasteiger partial charge in [-0.25, -0.2) is 8.42 Å². The molecular formula is C20H17ClN4O7S. The highest BCUT2D eigenvalue weighted by atomic mass is 35.5. The molecule has 3 aromatic rings. The molecule has 0 saturated carbocycles. The molecule has 0 spiro atoms. The number of sulfonamides is 1. The van der Waals surface area contributed by atoms with Crippen LogP contribution in [0.4, 0.5) is 11.4 Å². The van der Waals surface area contributed by atoms with E-state index in [4.69, 9.17) is 16.3 Å². The van der Waals surface area contributed by atoms with Crippen molar-refractivity contribution in [2.75, 3.05) is 31.6 Å². The van der Waals surface area contributed by atoms with Crippen molar-refractivity contribution < 1.29 is 22.9 Å². The predicted octanol–water partition coefficient (Wildman–Crippen LogP) is 2.36. The minimum absolute atomic E-state index is 0.0415. The molecule has 1 saturated heterocycles. The first kappa shape index (κ1) is 22.9. The lowest BCUT2D eigenvalue weighted by molar-refractivity contribution is -0.384. The number of nitro groups is 1. The molecule has 13 heteroatoms. The van der Waals surface area contributed by atoms with Gasteiger partial charge in [-0.3, -0.25) is 19.7 Å². The summed E-state index contributed by atoms with van der Waals surface area (Å²) in [5.41, 5.74) is -0.717. The first-order valence-electron chi connectivity index (χ1n) is 9.67. The Morgan fingerprint density at radius 1 is 1.15 bits per heavy atom. The van der Waals surface area contributed by atoms with Gasteiger partial charge in [0.2, 0.25) is 15.6 Å². The molecule has 2 heterocycles. The fourth-order valence-electron chi connectivity index (χ4n) is 3.45. The molecule has 1 amide bonds. The number of amides is 1. The number of carbonyl (C=O) groups is 1. The average molecular weight is 493 g/mol. The minimum atomic E-state index is -3.84.